The predicted octanol–water partition coefficient (Wildman–Crippen LogP) is 16.9. The summed E-state index contributed by atoms with van der Waals surface area (Å²) >= 11 is 0. The molecule has 6 heteroatoms. The van der Waals surface area contributed by atoms with Crippen LogP contribution in [0.3, 0.4) is 0 Å². The molecule has 0 aliphatic heterocycles. The smallest absolute Gasteiger partial charge is 0.306 e. The standard InChI is InChI=1S/C53H102O6/c1-6-8-9-10-11-12-13-14-15-16-17-18-19-20-21-22-28-33-38-43-51(54)57-46-50(47-58-52(55)44-39-34-30-25-26-31-36-41-48(3)4)59-53(56)45-40-35-29-24-23-27-32-37-42-49(5)7-2/h48-50H,6-47H2,1-5H3/t49?,50-/m0/s1. The molecule has 0 aromatic rings. The van der Waals surface area contributed by atoms with Crippen LogP contribution >= 0.6 is 0 Å². The van der Waals surface area contributed by atoms with Gasteiger partial charge in [-0.25, -0.2) is 0 Å². The second-order valence-corrected chi connectivity index (χ2v) is 18.9. The molecular weight excluding hydrogens is 733 g/mol. The van der Waals surface area contributed by atoms with Gasteiger partial charge < -0.3 is 14.2 Å². The van der Waals surface area contributed by atoms with Crippen molar-refractivity contribution in [1.29, 1.82) is 0 Å². The Kier molecular flexibility index (Phi) is 44.7. The first kappa shape index (κ1) is 57.4. The van der Waals surface area contributed by atoms with Gasteiger partial charge in [-0.2, -0.15) is 0 Å². The lowest BCUT2D eigenvalue weighted by Crippen LogP contribution is -2.30. The Hall–Kier alpha value is -1.59. The van der Waals surface area contributed by atoms with Crippen molar-refractivity contribution < 1.29 is 28.6 Å². The number of hydrogen-bond acceptors (Lipinski definition) is 6. The lowest BCUT2D eigenvalue weighted by atomic mass is 9.99. The zero-order valence-corrected chi connectivity index (χ0v) is 40.4. The van der Waals surface area contributed by atoms with Crippen molar-refractivity contribution in [2.24, 2.45) is 11.8 Å². The van der Waals surface area contributed by atoms with Gasteiger partial charge in [0, 0.05) is 19.3 Å². The molecule has 0 saturated carbocycles. The number of rotatable bonds is 47. The molecule has 0 aromatic heterocycles. The first-order valence-electron chi connectivity index (χ1n) is 26.3. The van der Waals surface area contributed by atoms with Gasteiger partial charge in [-0.05, 0) is 31.1 Å². The highest BCUT2D eigenvalue weighted by Gasteiger charge is 2.19. The van der Waals surface area contributed by atoms with Crippen molar-refractivity contribution in [3.63, 3.8) is 0 Å². The normalized spacial score (nSPS) is 12.5. The van der Waals surface area contributed by atoms with Gasteiger partial charge in [0.2, 0.25) is 0 Å². The van der Waals surface area contributed by atoms with E-state index in [1.807, 2.05) is 0 Å². The summed E-state index contributed by atoms with van der Waals surface area (Å²) < 4.78 is 16.8. The molecule has 0 fully saturated rings. The molecule has 0 N–H and O–H groups in total. The second-order valence-electron chi connectivity index (χ2n) is 18.9. The lowest BCUT2D eigenvalue weighted by molar-refractivity contribution is -0.167. The molecule has 0 bridgehead atoms. The van der Waals surface area contributed by atoms with Crippen molar-refractivity contribution >= 4 is 17.9 Å². The van der Waals surface area contributed by atoms with Gasteiger partial charge in [0.15, 0.2) is 6.10 Å². The van der Waals surface area contributed by atoms with Crippen LogP contribution in [-0.4, -0.2) is 37.2 Å². The van der Waals surface area contributed by atoms with Crippen molar-refractivity contribution in [1.82, 2.24) is 0 Å². The largest absolute Gasteiger partial charge is 0.462 e. The third kappa shape index (κ3) is 45.8. The van der Waals surface area contributed by atoms with Crippen LogP contribution < -0.4 is 0 Å². The summed E-state index contributed by atoms with van der Waals surface area (Å²) in [7, 11) is 0. The minimum Gasteiger partial charge on any atom is -0.462 e. The molecule has 59 heavy (non-hydrogen) atoms. The molecule has 0 aliphatic rings. The molecular formula is C53H102O6. The maximum Gasteiger partial charge on any atom is 0.306 e. The third-order valence-electron chi connectivity index (χ3n) is 12.3. The molecule has 2 atom stereocenters. The van der Waals surface area contributed by atoms with Crippen LogP contribution in [0.4, 0.5) is 0 Å². The van der Waals surface area contributed by atoms with Crippen LogP contribution in [0, 0.1) is 11.8 Å². The van der Waals surface area contributed by atoms with Crippen molar-refractivity contribution in [2.75, 3.05) is 13.2 Å². The molecule has 0 aliphatic carbocycles. The fraction of sp³-hybridized carbons (Fsp3) is 0.943. The number of carbonyl (C=O) groups is 3. The van der Waals surface area contributed by atoms with E-state index in [1.54, 1.807) is 0 Å². The topological polar surface area (TPSA) is 78.9 Å². The summed E-state index contributed by atoms with van der Waals surface area (Å²) in [5.74, 6) is 0.773. The fourth-order valence-electron chi connectivity index (χ4n) is 7.96. The summed E-state index contributed by atoms with van der Waals surface area (Å²) in [6, 6.07) is 0. The van der Waals surface area contributed by atoms with Crippen LogP contribution in [0.15, 0.2) is 0 Å². The number of unbranched alkanes of at least 4 members (excludes halogenated alkanes) is 31. The first-order valence-corrected chi connectivity index (χ1v) is 26.3. The van der Waals surface area contributed by atoms with E-state index >= 15 is 0 Å². The molecule has 6 nitrogen and oxygen atoms in total. The minimum absolute atomic E-state index is 0.0647. The molecule has 0 rings (SSSR count). The first-order chi connectivity index (χ1) is 28.8. The summed E-state index contributed by atoms with van der Waals surface area (Å²) in [6.45, 7) is 11.3. The van der Waals surface area contributed by atoms with Crippen LogP contribution in [0.2, 0.25) is 0 Å². The molecule has 0 aromatic carbocycles. The second kappa shape index (κ2) is 45.9. The maximum atomic E-state index is 12.8. The summed E-state index contributed by atoms with van der Waals surface area (Å²) in [4.78, 5) is 37.9. The number of ether oxygens (including phenoxy) is 3. The van der Waals surface area contributed by atoms with Crippen LogP contribution in [-0.2, 0) is 28.6 Å². The quantitative estimate of drug-likeness (QED) is 0.0345. The van der Waals surface area contributed by atoms with E-state index in [0.29, 0.717) is 19.3 Å². The van der Waals surface area contributed by atoms with Gasteiger partial charge >= 0.3 is 17.9 Å². The van der Waals surface area contributed by atoms with E-state index in [-0.39, 0.29) is 31.1 Å². The van der Waals surface area contributed by atoms with Crippen LogP contribution in [0.5, 0.6) is 0 Å². The molecule has 0 spiro atoms. The average Bonchev–Trinajstić information content (AvgIpc) is 3.22. The predicted molar refractivity (Wildman–Crippen MR) is 252 cm³/mol. The Morgan fingerprint density at radius 3 is 0.966 bits per heavy atom. The summed E-state index contributed by atoms with van der Waals surface area (Å²) in [5.41, 5.74) is 0. The Labute approximate surface area is 368 Å². The van der Waals surface area contributed by atoms with Gasteiger partial charge in [0.25, 0.3) is 0 Å². The highest BCUT2D eigenvalue weighted by molar-refractivity contribution is 5.71. The molecule has 0 heterocycles. The monoisotopic (exact) mass is 835 g/mol. The van der Waals surface area contributed by atoms with Crippen molar-refractivity contribution in [2.45, 2.75) is 298 Å². The Balaban J connectivity index is 4.24. The van der Waals surface area contributed by atoms with Crippen molar-refractivity contribution in [3.05, 3.63) is 0 Å². The maximum absolute atomic E-state index is 12.8. The molecule has 0 saturated heterocycles. The van der Waals surface area contributed by atoms with E-state index in [0.717, 1.165) is 69.6 Å². The Bertz CT molecular complexity index is 902. The highest BCUT2D eigenvalue weighted by atomic mass is 16.6. The fourth-order valence-corrected chi connectivity index (χ4v) is 7.96. The van der Waals surface area contributed by atoms with Gasteiger partial charge in [-0.3, -0.25) is 14.4 Å². The zero-order valence-electron chi connectivity index (χ0n) is 40.4. The Morgan fingerprint density at radius 1 is 0.356 bits per heavy atom. The summed E-state index contributed by atoms with van der Waals surface area (Å²) in [6.07, 6.45) is 46.7. The SMILES string of the molecule is CCCCCCCCCCCCCCCCCCCCCC(=O)OC[C@@H](COC(=O)CCCCCCCCCC(C)C)OC(=O)CCCCCCCCCCC(C)CC. The Morgan fingerprint density at radius 2 is 0.644 bits per heavy atom. The molecule has 0 radical (unpaired) electrons. The minimum atomic E-state index is -0.762. The molecule has 0 amide bonds. The average molecular weight is 835 g/mol. The van der Waals surface area contributed by atoms with Gasteiger partial charge in [0.05, 0.1) is 0 Å². The van der Waals surface area contributed by atoms with Gasteiger partial charge in [-0.1, -0.05) is 253 Å². The van der Waals surface area contributed by atoms with Gasteiger partial charge in [-0.15, -0.1) is 0 Å². The molecule has 1 unspecified atom stereocenters. The summed E-state index contributed by atoms with van der Waals surface area (Å²) in [5, 5.41) is 0. The highest BCUT2D eigenvalue weighted by Crippen LogP contribution is 2.18. The van der Waals surface area contributed by atoms with Crippen molar-refractivity contribution in [3.8, 4) is 0 Å². The van der Waals surface area contributed by atoms with E-state index in [1.165, 1.54) is 180 Å². The van der Waals surface area contributed by atoms with Gasteiger partial charge in [0.1, 0.15) is 13.2 Å². The van der Waals surface area contributed by atoms with Crippen LogP contribution in [0.1, 0.15) is 291 Å². The molecule has 350 valence electrons. The van der Waals surface area contributed by atoms with E-state index in [9.17, 15) is 14.4 Å². The third-order valence-corrected chi connectivity index (χ3v) is 12.3. The van der Waals surface area contributed by atoms with E-state index in [4.69, 9.17) is 14.2 Å². The zero-order chi connectivity index (χ0) is 43.3. The lowest BCUT2D eigenvalue weighted by Gasteiger charge is -2.18. The van der Waals surface area contributed by atoms with E-state index < -0.39 is 6.10 Å². The number of esters is 3. The van der Waals surface area contributed by atoms with E-state index in [2.05, 4.69) is 34.6 Å². The number of carbonyl (C=O) groups excluding carboxylic acids is 3. The number of hydrogen-bond donors (Lipinski definition) is 0. The van der Waals surface area contributed by atoms with Crippen LogP contribution in [0.25, 0.3) is 0 Å².